The number of anilines is 1. The van der Waals surface area contributed by atoms with Crippen molar-refractivity contribution in [2.45, 2.75) is 6.54 Å². The highest BCUT2D eigenvalue weighted by Crippen LogP contribution is 2.18. The first kappa shape index (κ1) is 20.1. The van der Waals surface area contributed by atoms with Crippen molar-refractivity contribution in [1.82, 2.24) is 9.78 Å². The molecule has 0 radical (unpaired) electrons. The molecule has 3 rings (SSSR count). The lowest BCUT2D eigenvalue weighted by atomic mass is 10.2. The maximum absolute atomic E-state index is 5.76. The third-order valence-electron chi connectivity index (χ3n) is 2.91. The molecular formula is C14H15BrCl3N3. The van der Waals surface area contributed by atoms with E-state index in [1.807, 2.05) is 41.2 Å². The van der Waals surface area contributed by atoms with Gasteiger partial charge in [-0.1, -0.05) is 28.1 Å². The van der Waals surface area contributed by atoms with Gasteiger partial charge in [0.2, 0.25) is 0 Å². The summed E-state index contributed by atoms with van der Waals surface area (Å²) >= 11 is 3.43. The van der Waals surface area contributed by atoms with Crippen LogP contribution in [0.25, 0.3) is 10.9 Å². The maximum Gasteiger partial charge on any atom is 0.0687 e. The van der Waals surface area contributed by atoms with Gasteiger partial charge in [0.15, 0.2) is 0 Å². The largest absolute Gasteiger partial charge is 0.399 e. The quantitative estimate of drug-likeness (QED) is 0.622. The molecule has 0 fully saturated rings. The van der Waals surface area contributed by atoms with Crippen molar-refractivity contribution >= 4 is 69.7 Å². The van der Waals surface area contributed by atoms with E-state index in [0.717, 1.165) is 27.6 Å². The zero-order valence-electron chi connectivity index (χ0n) is 10.9. The predicted octanol–water partition coefficient (Wildman–Crippen LogP) is 4.69. The number of nitrogens with zero attached hydrogens (tertiary/aromatic N) is 2. The Morgan fingerprint density at radius 2 is 1.67 bits per heavy atom. The van der Waals surface area contributed by atoms with E-state index in [1.54, 1.807) is 0 Å². The zero-order chi connectivity index (χ0) is 12.5. The van der Waals surface area contributed by atoms with Crippen LogP contribution in [0.2, 0.25) is 0 Å². The highest BCUT2D eigenvalue weighted by atomic mass is 79.9. The minimum atomic E-state index is 0. The number of nitrogen functional groups attached to an aromatic ring is 1. The van der Waals surface area contributed by atoms with Crippen molar-refractivity contribution in [3.63, 3.8) is 0 Å². The molecule has 2 aromatic carbocycles. The Labute approximate surface area is 150 Å². The van der Waals surface area contributed by atoms with Gasteiger partial charge in [0.25, 0.3) is 0 Å². The fraction of sp³-hybridized carbons (Fsp3) is 0.0714. The summed E-state index contributed by atoms with van der Waals surface area (Å²) in [5.41, 5.74) is 8.86. The zero-order valence-corrected chi connectivity index (χ0v) is 14.9. The van der Waals surface area contributed by atoms with Gasteiger partial charge >= 0.3 is 0 Å². The summed E-state index contributed by atoms with van der Waals surface area (Å²) in [6, 6.07) is 14.1. The molecule has 1 aromatic heterocycles. The van der Waals surface area contributed by atoms with Gasteiger partial charge in [-0.15, -0.1) is 37.2 Å². The molecule has 0 spiro atoms. The van der Waals surface area contributed by atoms with Crippen LogP contribution in [0.4, 0.5) is 5.69 Å². The third-order valence-corrected chi connectivity index (χ3v) is 3.44. The average Bonchev–Trinajstić information content (AvgIpc) is 2.74. The minimum absolute atomic E-state index is 0. The van der Waals surface area contributed by atoms with E-state index < -0.39 is 0 Å². The molecule has 0 amide bonds. The number of hydrogen-bond acceptors (Lipinski definition) is 2. The van der Waals surface area contributed by atoms with Crippen LogP contribution in [-0.4, -0.2) is 9.78 Å². The Balaban J connectivity index is 0.00000133. The number of aromatic nitrogens is 2. The standard InChI is InChI=1S/C14H12BrN3.3ClH/c15-12-3-1-10(2-4-12)9-18-14-6-5-13(16)7-11(14)8-17-18;;;/h1-8H,9,16H2;3*1H. The lowest BCUT2D eigenvalue weighted by Gasteiger charge is -2.04. The van der Waals surface area contributed by atoms with Crippen molar-refractivity contribution in [3.05, 3.63) is 58.7 Å². The van der Waals surface area contributed by atoms with Crippen LogP contribution < -0.4 is 5.73 Å². The summed E-state index contributed by atoms with van der Waals surface area (Å²) in [5.74, 6) is 0. The molecule has 21 heavy (non-hydrogen) atoms. The molecule has 2 N–H and O–H groups in total. The molecule has 3 aromatic rings. The summed E-state index contributed by atoms with van der Waals surface area (Å²) in [6.07, 6.45) is 1.85. The van der Waals surface area contributed by atoms with Gasteiger partial charge in [0.05, 0.1) is 18.3 Å². The van der Waals surface area contributed by atoms with Crippen LogP contribution in [0.5, 0.6) is 0 Å². The first-order valence-corrected chi connectivity index (χ1v) is 6.47. The van der Waals surface area contributed by atoms with Crippen LogP contribution in [0.15, 0.2) is 53.1 Å². The topological polar surface area (TPSA) is 43.8 Å². The number of fused-ring (bicyclic) bond motifs is 1. The summed E-state index contributed by atoms with van der Waals surface area (Å²) in [4.78, 5) is 0. The van der Waals surface area contributed by atoms with E-state index >= 15 is 0 Å². The van der Waals surface area contributed by atoms with E-state index in [-0.39, 0.29) is 37.2 Å². The summed E-state index contributed by atoms with van der Waals surface area (Å²) in [5, 5.41) is 5.48. The second-order valence-electron chi connectivity index (χ2n) is 4.25. The molecule has 114 valence electrons. The van der Waals surface area contributed by atoms with Gasteiger partial charge in [-0.05, 0) is 35.9 Å². The monoisotopic (exact) mass is 409 g/mol. The molecule has 0 aliphatic rings. The molecule has 0 saturated carbocycles. The lowest BCUT2D eigenvalue weighted by Crippen LogP contribution is -2.01. The Bertz CT molecular complexity index is 698. The second kappa shape index (κ2) is 8.49. The molecule has 0 aliphatic heterocycles. The van der Waals surface area contributed by atoms with E-state index in [2.05, 4.69) is 33.2 Å². The van der Waals surface area contributed by atoms with E-state index in [4.69, 9.17) is 5.73 Å². The summed E-state index contributed by atoms with van der Waals surface area (Å²) < 4.78 is 3.07. The molecule has 0 atom stereocenters. The molecule has 7 heteroatoms. The van der Waals surface area contributed by atoms with Gasteiger partial charge in [0, 0.05) is 15.5 Å². The number of hydrogen-bond donors (Lipinski definition) is 1. The fourth-order valence-corrected chi connectivity index (χ4v) is 2.26. The number of nitrogens with two attached hydrogens (primary N) is 1. The van der Waals surface area contributed by atoms with Crippen molar-refractivity contribution in [2.24, 2.45) is 0 Å². The van der Waals surface area contributed by atoms with Crippen molar-refractivity contribution < 1.29 is 0 Å². The first-order chi connectivity index (χ1) is 8.72. The Morgan fingerprint density at radius 1 is 1.00 bits per heavy atom. The molecule has 0 saturated heterocycles. The average molecular weight is 412 g/mol. The van der Waals surface area contributed by atoms with Crippen LogP contribution >= 0.6 is 53.2 Å². The van der Waals surface area contributed by atoms with Gasteiger partial charge < -0.3 is 5.73 Å². The summed E-state index contributed by atoms with van der Waals surface area (Å²) in [7, 11) is 0. The van der Waals surface area contributed by atoms with Crippen LogP contribution in [0.3, 0.4) is 0 Å². The highest BCUT2D eigenvalue weighted by molar-refractivity contribution is 9.10. The van der Waals surface area contributed by atoms with Crippen molar-refractivity contribution in [2.75, 3.05) is 5.73 Å². The third kappa shape index (κ3) is 4.51. The number of rotatable bonds is 2. The fourth-order valence-electron chi connectivity index (χ4n) is 1.99. The molecule has 0 aliphatic carbocycles. The second-order valence-corrected chi connectivity index (χ2v) is 5.16. The SMILES string of the molecule is Cl.Cl.Cl.Nc1ccc2c(cnn2Cc2ccc(Br)cc2)c1. The maximum atomic E-state index is 5.76. The highest BCUT2D eigenvalue weighted by Gasteiger charge is 2.03. The van der Waals surface area contributed by atoms with Crippen LogP contribution in [0, 0.1) is 0 Å². The van der Waals surface area contributed by atoms with E-state index in [0.29, 0.717) is 0 Å². The number of halogens is 4. The molecule has 0 bridgehead atoms. The minimum Gasteiger partial charge on any atom is -0.399 e. The predicted molar refractivity (Wildman–Crippen MR) is 99.1 cm³/mol. The van der Waals surface area contributed by atoms with Gasteiger partial charge in [0.1, 0.15) is 0 Å². The lowest BCUT2D eigenvalue weighted by molar-refractivity contribution is 0.712. The molecule has 1 heterocycles. The normalized spacial score (nSPS) is 9.38. The van der Waals surface area contributed by atoms with Gasteiger partial charge in [-0.25, -0.2) is 0 Å². The van der Waals surface area contributed by atoms with Crippen LogP contribution in [-0.2, 0) is 6.54 Å². The van der Waals surface area contributed by atoms with Crippen molar-refractivity contribution in [3.8, 4) is 0 Å². The van der Waals surface area contributed by atoms with Crippen LogP contribution in [0.1, 0.15) is 5.56 Å². The van der Waals surface area contributed by atoms with E-state index in [1.165, 1.54) is 5.56 Å². The molecule has 3 nitrogen and oxygen atoms in total. The molecule has 0 unspecified atom stereocenters. The Hall–Kier alpha value is -0.940. The van der Waals surface area contributed by atoms with Gasteiger partial charge in [-0.3, -0.25) is 4.68 Å². The first-order valence-electron chi connectivity index (χ1n) is 5.68. The van der Waals surface area contributed by atoms with Gasteiger partial charge in [-0.2, -0.15) is 5.10 Å². The molecular weight excluding hydrogens is 396 g/mol. The summed E-state index contributed by atoms with van der Waals surface area (Å²) in [6.45, 7) is 0.765. The van der Waals surface area contributed by atoms with Crippen molar-refractivity contribution in [1.29, 1.82) is 0 Å². The number of benzene rings is 2. The smallest absolute Gasteiger partial charge is 0.0687 e. The van der Waals surface area contributed by atoms with E-state index in [9.17, 15) is 0 Å². The Morgan fingerprint density at radius 3 is 2.33 bits per heavy atom. The Kier molecular flexibility index (Phi) is 8.11.